The molecule has 2 aliphatic rings. The third-order valence-electron chi connectivity index (χ3n) is 1.95. The number of hydrogen-bond donors (Lipinski definition) is 0. The van der Waals surface area contributed by atoms with Crippen LogP contribution < -0.4 is 0 Å². The summed E-state index contributed by atoms with van der Waals surface area (Å²) in [6.07, 6.45) is 7.12. The number of likely N-dealkylation sites (N-methyl/N-ethyl adjacent to an activating group) is 1. The molecule has 0 bridgehead atoms. The van der Waals surface area contributed by atoms with Gasteiger partial charge in [-0.25, -0.2) is 0 Å². The van der Waals surface area contributed by atoms with Crippen LogP contribution in [0.1, 0.15) is 6.42 Å². The normalized spacial score (nSPS) is 19.7. The molecule has 2 rings (SSSR count). The Morgan fingerprint density at radius 2 is 2.17 bits per heavy atom. The first-order valence-corrected chi connectivity index (χ1v) is 3.98. The fourth-order valence-corrected chi connectivity index (χ4v) is 1.34. The molecule has 1 heterocycles. The van der Waals surface area contributed by atoms with Crippen molar-refractivity contribution in [2.45, 2.75) is 6.42 Å². The highest BCUT2D eigenvalue weighted by Gasteiger charge is 2.21. The Morgan fingerprint density at radius 3 is 2.92 bits per heavy atom. The van der Waals surface area contributed by atoms with Crippen molar-refractivity contribution >= 4 is 11.5 Å². The van der Waals surface area contributed by atoms with Gasteiger partial charge < -0.3 is 4.90 Å². The Kier molecular flexibility index (Phi) is 1.57. The quantitative estimate of drug-likeness (QED) is 0.524. The monoisotopic (exact) mass is 161 g/mol. The van der Waals surface area contributed by atoms with E-state index in [0.29, 0.717) is 0 Å². The molecule has 0 saturated carbocycles. The van der Waals surface area contributed by atoms with Crippen LogP contribution in [0.2, 0.25) is 0 Å². The molecule has 0 fully saturated rings. The molecule has 3 heteroatoms. The summed E-state index contributed by atoms with van der Waals surface area (Å²) in [4.78, 5) is 1.99. The first-order valence-electron chi connectivity index (χ1n) is 3.98. The van der Waals surface area contributed by atoms with E-state index in [-0.39, 0.29) is 0 Å². The van der Waals surface area contributed by atoms with Crippen molar-refractivity contribution < 1.29 is 0 Å². The van der Waals surface area contributed by atoms with Crippen molar-refractivity contribution in [1.29, 1.82) is 0 Å². The van der Waals surface area contributed by atoms with Gasteiger partial charge >= 0.3 is 0 Å². The van der Waals surface area contributed by atoms with Gasteiger partial charge in [-0.15, -0.1) is 5.10 Å². The molecule has 0 atom stereocenters. The Bertz CT molecular complexity index is 319. The predicted octanol–water partition coefficient (Wildman–Crippen LogP) is 1.20. The number of nitrogens with zero attached hydrogens (tertiary/aromatic N) is 3. The van der Waals surface area contributed by atoms with Crippen molar-refractivity contribution in [2.75, 3.05) is 14.1 Å². The average molecular weight is 161 g/mol. The third kappa shape index (κ3) is 0.978. The van der Waals surface area contributed by atoms with Gasteiger partial charge in [-0.1, -0.05) is 12.2 Å². The zero-order chi connectivity index (χ0) is 8.55. The van der Waals surface area contributed by atoms with Crippen molar-refractivity contribution in [3.05, 3.63) is 23.8 Å². The molecule has 62 valence electrons. The second-order valence-electron chi connectivity index (χ2n) is 3.08. The van der Waals surface area contributed by atoms with E-state index in [2.05, 4.69) is 28.4 Å². The lowest BCUT2D eigenvalue weighted by molar-refractivity contribution is 0.623. The molecule has 12 heavy (non-hydrogen) atoms. The SMILES string of the molecule is CN(C)C1=NN=C2CC=CC=C21. The summed E-state index contributed by atoms with van der Waals surface area (Å²) in [6, 6.07) is 0. The summed E-state index contributed by atoms with van der Waals surface area (Å²) in [5.74, 6) is 0.967. The molecule has 0 amide bonds. The van der Waals surface area contributed by atoms with E-state index in [1.807, 2.05) is 19.0 Å². The largest absolute Gasteiger partial charge is 0.361 e. The van der Waals surface area contributed by atoms with Crippen molar-refractivity contribution in [3.63, 3.8) is 0 Å². The fourth-order valence-electron chi connectivity index (χ4n) is 1.34. The van der Waals surface area contributed by atoms with Crippen LogP contribution in [0.5, 0.6) is 0 Å². The minimum absolute atomic E-state index is 0.909. The van der Waals surface area contributed by atoms with Gasteiger partial charge in [0.15, 0.2) is 5.84 Å². The lowest BCUT2D eigenvalue weighted by atomic mass is 10.0. The van der Waals surface area contributed by atoms with Crippen LogP contribution in [0.4, 0.5) is 0 Å². The molecule has 0 saturated heterocycles. The molecular weight excluding hydrogens is 150 g/mol. The van der Waals surface area contributed by atoms with Gasteiger partial charge in [-0.3, -0.25) is 0 Å². The molecule has 0 spiro atoms. The maximum atomic E-state index is 4.10. The van der Waals surface area contributed by atoms with Crippen molar-refractivity contribution in [2.24, 2.45) is 10.2 Å². The lowest BCUT2D eigenvalue weighted by Crippen LogP contribution is -2.25. The van der Waals surface area contributed by atoms with E-state index in [9.17, 15) is 0 Å². The molecular formula is C9H11N3. The summed E-state index contributed by atoms with van der Waals surface area (Å²) in [5.41, 5.74) is 2.25. The van der Waals surface area contributed by atoms with Crippen molar-refractivity contribution in [3.8, 4) is 0 Å². The summed E-state index contributed by atoms with van der Waals surface area (Å²) in [6.45, 7) is 0. The Balaban J connectivity index is 2.34. The highest BCUT2D eigenvalue weighted by atomic mass is 15.3. The summed E-state index contributed by atoms with van der Waals surface area (Å²) in [5, 5.41) is 8.21. The number of rotatable bonds is 0. The van der Waals surface area contributed by atoms with Crippen LogP contribution in [0.3, 0.4) is 0 Å². The molecule has 0 aromatic heterocycles. The van der Waals surface area contributed by atoms with Gasteiger partial charge in [-0.05, 0) is 6.08 Å². The van der Waals surface area contributed by atoms with E-state index in [0.717, 1.165) is 18.0 Å². The molecule has 0 aromatic rings. The maximum Gasteiger partial charge on any atom is 0.159 e. The van der Waals surface area contributed by atoms with Crippen LogP contribution >= 0.6 is 0 Å². The van der Waals surface area contributed by atoms with Gasteiger partial charge in [0.2, 0.25) is 0 Å². The van der Waals surface area contributed by atoms with Crippen LogP contribution in [0, 0.1) is 0 Å². The Labute approximate surface area is 71.8 Å². The number of hydrogen-bond acceptors (Lipinski definition) is 3. The second-order valence-corrected chi connectivity index (χ2v) is 3.08. The minimum atomic E-state index is 0.909. The third-order valence-corrected chi connectivity index (χ3v) is 1.95. The molecule has 0 N–H and O–H groups in total. The lowest BCUT2D eigenvalue weighted by Gasteiger charge is -2.14. The van der Waals surface area contributed by atoms with E-state index in [1.54, 1.807) is 0 Å². The van der Waals surface area contributed by atoms with Gasteiger partial charge in [0.1, 0.15) is 0 Å². The van der Waals surface area contributed by atoms with E-state index in [1.165, 1.54) is 5.57 Å². The van der Waals surface area contributed by atoms with E-state index < -0.39 is 0 Å². The van der Waals surface area contributed by atoms with Crippen LogP contribution in [0.25, 0.3) is 0 Å². The van der Waals surface area contributed by atoms with Gasteiger partial charge in [0.05, 0.1) is 5.71 Å². The Morgan fingerprint density at radius 1 is 1.33 bits per heavy atom. The summed E-state index contributed by atoms with van der Waals surface area (Å²) in [7, 11) is 3.97. The van der Waals surface area contributed by atoms with Crippen LogP contribution in [0.15, 0.2) is 34.0 Å². The highest BCUT2D eigenvalue weighted by Crippen LogP contribution is 2.18. The minimum Gasteiger partial charge on any atom is -0.361 e. The second kappa shape index (κ2) is 2.59. The molecule has 1 aliphatic heterocycles. The standard InChI is InChI=1S/C9H11N3/c1-12(2)9-7-5-3-4-6-8(7)10-11-9/h3-5H,6H2,1-2H3. The first kappa shape index (κ1) is 7.28. The number of allylic oxidation sites excluding steroid dienone is 3. The van der Waals surface area contributed by atoms with Crippen LogP contribution in [-0.4, -0.2) is 30.5 Å². The molecule has 0 aromatic carbocycles. The van der Waals surface area contributed by atoms with Crippen LogP contribution in [-0.2, 0) is 0 Å². The molecule has 0 radical (unpaired) electrons. The molecule has 0 unspecified atom stereocenters. The van der Waals surface area contributed by atoms with Gasteiger partial charge in [0.25, 0.3) is 0 Å². The first-order chi connectivity index (χ1) is 5.79. The van der Waals surface area contributed by atoms with Gasteiger partial charge in [-0.2, -0.15) is 5.10 Å². The average Bonchev–Trinajstić information content (AvgIpc) is 2.47. The summed E-state index contributed by atoms with van der Waals surface area (Å²) < 4.78 is 0. The zero-order valence-corrected chi connectivity index (χ0v) is 7.28. The predicted molar refractivity (Wildman–Crippen MR) is 50.4 cm³/mol. The Hall–Kier alpha value is -1.38. The van der Waals surface area contributed by atoms with E-state index >= 15 is 0 Å². The summed E-state index contributed by atoms with van der Waals surface area (Å²) >= 11 is 0. The molecule has 3 nitrogen and oxygen atoms in total. The molecule has 1 aliphatic carbocycles. The zero-order valence-electron chi connectivity index (χ0n) is 7.28. The van der Waals surface area contributed by atoms with Crippen molar-refractivity contribution in [1.82, 2.24) is 4.90 Å². The number of amidine groups is 1. The van der Waals surface area contributed by atoms with E-state index in [4.69, 9.17) is 0 Å². The topological polar surface area (TPSA) is 28.0 Å². The number of fused-ring (bicyclic) bond motifs is 1. The maximum absolute atomic E-state index is 4.10. The highest BCUT2D eigenvalue weighted by molar-refractivity contribution is 6.26. The van der Waals surface area contributed by atoms with Gasteiger partial charge in [0, 0.05) is 26.1 Å². The smallest absolute Gasteiger partial charge is 0.159 e. The fraction of sp³-hybridized carbons (Fsp3) is 0.333.